The van der Waals surface area contributed by atoms with Crippen molar-refractivity contribution in [1.82, 2.24) is 15.1 Å². The number of nitrogens with zero attached hydrogens (tertiary/aromatic N) is 2. The number of hydrogen-bond acceptors (Lipinski definition) is 5. The Labute approximate surface area is 254 Å². The van der Waals surface area contributed by atoms with Gasteiger partial charge in [0.2, 0.25) is 5.91 Å². The molecule has 1 heterocycles. The van der Waals surface area contributed by atoms with Crippen LogP contribution in [0.5, 0.6) is 11.5 Å². The van der Waals surface area contributed by atoms with E-state index in [0.717, 1.165) is 43.2 Å². The summed E-state index contributed by atoms with van der Waals surface area (Å²) in [5.41, 5.74) is 2.75. The van der Waals surface area contributed by atoms with Crippen molar-refractivity contribution in [2.24, 2.45) is 0 Å². The molecule has 1 unspecified atom stereocenters. The number of carbonyl (C=O) groups is 3. The van der Waals surface area contributed by atoms with Crippen LogP contribution in [0.4, 0.5) is 0 Å². The van der Waals surface area contributed by atoms with E-state index >= 15 is 0 Å². The Morgan fingerprint density at radius 2 is 1.65 bits per heavy atom. The average molecular weight is 584 g/mol. The average Bonchev–Trinajstić information content (AvgIpc) is 3.54. The van der Waals surface area contributed by atoms with Crippen LogP contribution in [0.1, 0.15) is 60.0 Å². The minimum absolute atomic E-state index is 0.0777. The lowest BCUT2D eigenvalue weighted by molar-refractivity contribution is -0.140. The molecule has 1 aliphatic carbocycles. The monoisotopic (exact) mass is 583 g/mol. The largest absolute Gasteiger partial charge is 0.497 e. The molecule has 3 aromatic rings. The first-order valence-electron chi connectivity index (χ1n) is 15.2. The van der Waals surface area contributed by atoms with Crippen LogP contribution < -0.4 is 14.8 Å². The number of likely N-dealkylation sites (tertiary alicyclic amines) is 1. The van der Waals surface area contributed by atoms with Gasteiger partial charge in [0.05, 0.1) is 13.2 Å². The van der Waals surface area contributed by atoms with Crippen LogP contribution in [0.15, 0.2) is 78.9 Å². The van der Waals surface area contributed by atoms with Gasteiger partial charge >= 0.3 is 0 Å². The third-order valence-electron chi connectivity index (χ3n) is 8.47. The van der Waals surface area contributed by atoms with E-state index in [1.807, 2.05) is 48.2 Å². The predicted molar refractivity (Wildman–Crippen MR) is 165 cm³/mol. The van der Waals surface area contributed by atoms with Crippen molar-refractivity contribution < 1.29 is 23.9 Å². The van der Waals surface area contributed by atoms with E-state index in [9.17, 15) is 14.4 Å². The van der Waals surface area contributed by atoms with E-state index < -0.39 is 6.04 Å². The molecule has 8 nitrogen and oxygen atoms in total. The molecule has 1 saturated carbocycles. The highest BCUT2D eigenvalue weighted by molar-refractivity contribution is 5.95. The van der Waals surface area contributed by atoms with Gasteiger partial charge in [0.25, 0.3) is 11.8 Å². The molecule has 8 heteroatoms. The zero-order valence-electron chi connectivity index (χ0n) is 25.0. The third kappa shape index (κ3) is 7.55. The number of nitrogens with one attached hydrogen (secondary N) is 1. The Morgan fingerprint density at radius 3 is 2.40 bits per heavy atom. The van der Waals surface area contributed by atoms with Crippen LogP contribution in [-0.4, -0.2) is 65.9 Å². The van der Waals surface area contributed by atoms with Crippen molar-refractivity contribution in [2.75, 3.05) is 20.3 Å². The molecule has 1 N–H and O–H groups in total. The van der Waals surface area contributed by atoms with E-state index in [2.05, 4.69) is 11.4 Å². The highest BCUT2D eigenvalue weighted by Crippen LogP contribution is 2.28. The molecule has 0 radical (unpaired) electrons. The lowest BCUT2D eigenvalue weighted by atomic mass is 9.88. The van der Waals surface area contributed by atoms with Crippen molar-refractivity contribution in [3.05, 3.63) is 95.6 Å². The molecule has 1 aliphatic heterocycles. The minimum atomic E-state index is -0.544. The van der Waals surface area contributed by atoms with E-state index in [0.29, 0.717) is 36.6 Å². The fourth-order valence-electron chi connectivity index (χ4n) is 6.26. The molecule has 3 amide bonds. The summed E-state index contributed by atoms with van der Waals surface area (Å²) in [7, 11) is 1.60. The van der Waals surface area contributed by atoms with E-state index in [4.69, 9.17) is 9.47 Å². The minimum Gasteiger partial charge on any atom is -0.497 e. The molecule has 5 rings (SSSR count). The first kappa shape index (κ1) is 30.1. The zero-order valence-corrected chi connectivity index (χ0v) is 25.0. The third-order valence-corrected chi connectivity index (χ3v) is 8.47. The molecule has 0 aromatic heterocycles. The molecule has 3 aromatic carbocycles. The lowest BCUT2D eigenvalue weighted by Gasteiger charge is -2.41. The second-order valence-corrected chi connectivity index (χ2v) is 11.5. The number of rotatable bonds is 10. The van der Waals surface area contributed by atoms with E-state index in [1.54, 1.807) is 48.4 Å². The summed E-state index contributed by atoms with van der Waals surface area (Å²) < 4.78 is 11.0. The highest BCUT2D eigenvalue weighted by atomic mass is 16.5. The van der Waals surface area contributed by atoms with Crippen LogP contribution in [-0.2, 0) is 16.1 Å². The predicted octanol–water partition coefficient (Wildman–Crippen LogP) is 5.14. The molecule has 226 valence electrons. The van der Waals surface area contributed by atoms with Crippen molar-refractivity contribution >= 4 is 17.7 Å². The van der Waals surface area contributed by atoms with Gasteiger partial charge in [0, 0.05) is 24.7 Å². The number of aryl methyl sites for hydroxylation is 1. The number of hydrogen-bond donors (Lipinski definition) is 1. The van der Waals surface area contributed by atoms with E-state index in [-0.39, 0.29) is 36.4 Å². The first-order chi connectivity index (χ1) is 20.9. The Kier molecular flexibility index (Phi) is 9.97. The van der Waals surface area contributed by atoms with Crippen molar-refractivity contribution in [1.29, 1.82) is 0 Å². The second kappa shape index (κ2) is 14.2. The van der Waals surface area contributed by atoms with Crippen molar-refractivity contribution in [2.45, 2.75) is 70.1 Å². The number of methoxy groups -OCH3 is 1. The standard InChI is InChI=1S/C35H41N3O5/c1-25-10-8-11-26(22-25)23-38(35(41)27-17-19-28(42-2)20-18-27)31-15-7-6-14-30(31)36-34(40)32-16-9-21-37(32)33(39)24-43-29-12-4-3-5-13-29/h3-5,8,10-13,17-20,22,30-32H,6-7,9,14-16,21,23-24H2,1-2H3,(H,36,40)/t30?,31-,32-/m1/s1. The quantitative estimate of drug-likeness (QED) is 0.357. The summed E-state index contributed by atoms with van der Waals surface area (Å²) >= 11 is 0. The summed E-state index contributed by atoms with van der Waals surface area (Å²) in [4.78, 5) is 44.4. The van der Waals surface area contributed by atoms with Crippen molar-refractivity contribution in [3.8, 4) is 11.5 Å². The molecule has 43 heavy (non-hydrogen) atoms. The molecule has 0 spiro atoms. The molecule has 2 fully saturated rings. The molecular formula is C35H41N3O5. The number of amides is 3. The van der Waals surface area contributed by atoms with Gasteiger partial charge in [0.15, 0.2) is 6.61 Å². The fraction of sp³-hybridized carbons (Fsp3) is 0.400. The maximum atomic E-state index is 14.1. The molecule has 0 bridgehead atoms. The van der Waals surface area contributed by atoms with Gasteiger partial charge in [-0.3, -0.25) is 14.4 Å². The van der Waals surface area contributed by atoms with Crippen LogP contribution in [0, 0.1) is 6.92 Å². The van der Waals surface area contributed by atoms with Gasteiger partial charge in [-0.25, -0.2) is 0 Å². The van der Waals surface area contributed by atoms with Gasteiger partial charge in [-0.1, -0.05) is 60.9 Å². The molecule has 3 atom stereocenters. The summed E-state index contributed by atoms with van der Waals surface area (Å²) in [6.07, 6.45) is 4.87. The van der Waals surface area contributed by atoms with Crippen LogP contribution >= 0.6 is 0 Å². The number of para-hydroxylation sites is 1. The zero-order chi connectivity index (χ0) is 30.2. The van der Waals surface area contributed by atoms with Gasteiger partial charge in [-0.05, 0) is 74.6 Å². The van der Waals surface area contributed by atoms with Crippen LogP contribution in [0.25, 0.3) is 0 Å². The lowest BCUT2D eigenvalue weighted by Crippen LogP contribution is -2.58. The molecule has 2 aliphatic rings. The summed E-state index contributed by atoms with van der Waals surface area (Å²) in [5, 5.41) is 3.28. The molecular weight excluding hydrogens is 542 g/mol. The number of carbonyl (C=O) groups excluding carboxylic acids is 3. The summed E-state index contributed by atoms with van der Waals surface area (Å²) in [5.74, 6) is 0.879. The maximum absolute atomic E-state index is 14.1. The summed E-state index contributed by atoms with van der Waals surface area (Å²) in [6.45, 7) is 2.90. The van der Waals surface area contributed by atoms with Gasteiger partial charge in [-0.15, -0.1) is 0 Å². The smallest absolute Gasteiger partial charge is 0.261 e. The highest BCUT2D eigenvalue weighted by Gasteiger charge is 2.39. The van der Waals surface area contributed by atoms with Gasteiger partial charge in [-0.2, -0.15) is 0 Å². The Hall–Kier alpha value is -4.33. The Bertz CT molecular complexity index is 1390. The second-order valence-electron chi connectivity index (χ2n) is 11.5. The van der Waals surface area contributed by atoms with Crippen LogP contribution in [0.2, 0.25) is 0 Å². The number of ether oxygens (including phenoxy) is 2. The number of benzene rings is 3. The SMILES string of the molecule is COc1ccc(C(=O)N(Cc2cccc(C)c2)[C@@H]2CCCCC2NC(=O)[C@H]2CCCN2C(=O)COc2ccccc2)cc1. The Balaban J connectivity index is 1.32. The maximum Gasteiger partial charge on any atom is 0.261 e. The first-order valence-corrected chi connectivity index (χ1v) is 15.2. The Morgan fingerprint density at radius 1 is 0.884 bits per heavy atom. The van der Waals surface area contributed by atoms with Crippen molar-refractivity contribution in [3.63, 3.8) is 0 Å². The van der Waals surface area contributed by atoms with Gasteiger partial charge in [0.1, 0.15) is 17.5 Å². The molecule has 1 saturated heterocycles. The van der Waals surface area contributed by atoms with Crippen LogP contribution in [0.3, 0.4) is 0 Å². The topological polar surface area (TPSA) is 88.2 Å². The van der Waals surface area contributed by atoms with E-state index in [1.165, 1.54) is 0 Å². The fourth-order valence-corrected chi connectivity index (χ4v) is 6.26. The van der Waals surface area contributed by atoms with Gasteiger partial charge < -0.3 is 24.6 Å². The summed E-state index contributed by atoms with van der Waals surface area (Å²) in [6, 6.07) is 23.6. The normalized spacial score (nSPS) is 19.9.